The third-order valence-corrected chi connectivity index (χ3v) is 3.03. The quantitative estimate of drug-likeness (QED) is 0.899. The van der Waals surface area contributed by atoms with Crippen molar-refractivity contribution in [3.8, 4) is 0 Å². The predicted octanol–water partition coefficient (Wildman–Crippen LogP) is 2.08. The van der Waals surface area contributed by atoms with Gasteiger partial charge in [-0.15, -0.1) is 0 Å². The fourth-order valence-electron chi connectivity index (χ4n) is 1.95. The minimum absolute atomic E-state index is 0.0836. The number of carbonyl (C=O) groups is 1. The van der Waals surface area contributed by atoms with Crippen molar-refractivity contribution in [2.45, 2.75) is 26.5 Å². The van der Waals surface area contributed by atoms with Gasteiger partial charge in [0.15, 0.2) is 0 Å². The Kier molecular flexibility index (Phi) is 3.34. The zero-order valence-electron chi connectivity index (χ0n) is 10.7. The molecule has 1 N–H and O–H groups in total. The highest BCUT2D eigenvalue weighted by molar-refractivity contribution is 5.92. The van der Waals surface area contributed by atoms with Crippen molar-refractivity contribution in [1.29, 1.82) is 0 Å². The number of aryl methyl sites for hydroxylation is 1. The number of carboxylic acid groups (broad SMARTS) is 1. The molecule has 0 saturated carbocycles. The zero-order valence-corrected chi connectivity index (χ0v) is 10.7. The van der Waals surface area contributed by atoms with Crippen LogP contribution in [0.2, 0.25) is 0 Å². The van der Waals surface area contributed by atoms with E-state index in [4.69, 9.17) is 9.84 Å². The summed E-state index contributed by atoms with van der Waals surface area (Å²) in [6.07, 6.45) is 0.0836. The van der Waals surface area contributed by atoms with Gasteiger partial charge >= 0.3 is 5.97 Å². The summed E-state index contributed by atoms with van der Waals surface area (Å²) >= 11 is 0. The Morgan fingerprint density at radius 3 is 2.89 bits per heavy atom. The van der Waals surface area contributed by atoms with Gasteiger partial charge in [0, 0.05) is 7.11 Å². The van der Waals surface area contributed by atoms with Crippen molar-refractivity contribution >= 4 is 17.0 Å². The molecule has 0 aliphatic rings. The number of fused-ring (bicyclic) bond motifs is 1. The second kappa shape index (κ2) is 4.78. The Labute approximate surface area is 105 Å². The molecule has 0 aliphatic heterocycles. The number of hydrogen-bond acceptors (Lipinski definition) is 3. The lowest BCUT2D eigenvalue weighted by Crippen LogP contribution is -2.15. The molecule has 0 bridgehead atoms. The summed E-state index contributed by atoms with van der Waals surface area (Å²) in [4.78, 5) is 15.3. The van der Waals surface area contributed by atoms with Crippen molar-refractivity contribution in [3.63, 3.8) is 0 Å². The van der Waals surface area contributed by atoms with Gasteiger partial charge in [0.25, 0.3) is 0 Å². The van der Waals surface area contributed by atoms with E-state index in [9.17, 15) is 4.79 Å². The first kappa shape index (κ1) is 12.6. The van der Waals surface area contributed by atoms with Crippen molar-refractivity contribution < 1.29 is 14.6 Å². The maximum atomic E-state index is 10.9. The smallest absolute Gasteiger partial charge is 0.335 e. The molecular weight excluding hydrogens is 232 g/mol. The molecule has 5 heteroatoms. The minimum Gasteiger partial charge on any atom is -0.478 e. The summed E-state index contributed by atoms with van der Waals surface area (Å²) in [5.41, 5.74) is 1.89. The van der Waals surface area contributed by atoms with Gasteiger partial charge in [0.2, 0.25) is 0 Å². The van der Waals surface area contributed by atoms with Crippen molar-refractivity contribution in [2.75, 3.05) is 7.11 Å². The highest BCUT2D eigenvalue weighted by Gasteiger charge is 2.12. The molecule has 18 heavy (non-hydrogen) atoms. The van der Waals surface area contributed by atoms with Gasteiger partial charge in [0.05, 0.1) is 29.2 Å². The molecule has 1 atom stereocenters. The molecule has 1 heterocycles. The molecule has 0 saturated heterocycles. The monoisotopic (exact) mass is 248 g/mol. The number of benzene rings is 1. The number of imidazole rings is 1. The lowest BCUT2D eigenvalue weighted by Gasteiger charge is -2.12. The Bertz CT molecular complexity index is 589. The Hall–Kier alpha value is -1.88. The predicted molar refractivity (Wildman–Crippen MR) is 67.9 cm³/mol. The molecular formula is C13H16N2O3. The van der Waals surface area contributed by atoms with E-state index in [2.05, 4.69) is 4.98 Å². The molecule has 0 radical (unpaired) electrons. The fourth-order valence-corrected chi connectivity index (χ4v) is 1.95. The fraction of sp³-hybridized carbons (Fsp3) is 0.385. The average Bonchev–Trinajstić information content (AvgIpc) is 2.64. The topological polar surface area (TPSA) is 64.4 Å². The van der Waals surface area contributed by atoms with Gasteiger partial charge in [-0.25, -0.2) is 9.78 Å². The van der Waals surface area contributed by atoms with E-state index < -0.39 is 5.97 Å². The van der Waals surface area contributed by atoms with E-state index >= 15 is 0 Å². The van der Waals surface area contributed by atoms with Crippen LogP contribution in [0.1, 0.15) is 23.1 Å². The summed E-state index contributed by atoms with van der Waals surface area (Å²) < 4.78 is 7.28. The van der Waals surface area contributed by atoms with E-state index in [0.29, 0.717) is 12.1 Å². The number of hydrogen-bond donors (Lipinski definition) is 1. The number of ether oxygens (including phenoxy) is 1. The van der Waals surface area contributed by atoms with Gasteiger partial charge in [0.1, 0.15) is 5.82 Å². The highest BCUT2D eigenvalue weighted by Crippen LogP contribution is 2.18. The average molecular weight is 248 g/mol. The molecule has 0 fully saturated rings. The lowest BCUT2D eigenvalue weighted by molar-refractivity contribution is 0.0697. The number of methoxy groups -OCH3 is 1. The maximum Gasteiger partial charge on any atom is 0.335 e. The van der Waals surface area contributed by atoms with E-state index in [0.717, 1.165) is 11.3 Å². The van der Waals surface area contributed by atoms with E-state index in [-0.39, 0.29) is 11.7 Å². The molecule has 2 aromatic rings. The van der Waals surface area contributed by atoms with Crippen LogP contribution in [-0.2, 0) is 11.3 Å². The lowest BCUT2D eigenvalue weighted by atomic mass is 10.2. The maximum absolute atomic E-state index is 10.9. The van der Waals surface area contributed by atoms with Crippen LogP contribution in [0, 0.1) is 6.92 Å². The molecule has 0 aliphatic carbocycles. The summed E-state index contributed by atoms with van der Waals surface area (Å²) in [6, 6.07) is 4.99. The molecule has 1 unspecified atom stereocenters. The number of aromatic carboxylic acids is 1. The van der Waals surface area contributed by atoms with Gasteiger partial charge in [-0.1, -0.05) is 0 Å². The molecule has 96 valence electrons. The van der Waals surface area contributed by atoms with Crippen molar-refractivity contribution in [3.05, 3.63) is 29.6 Å². The van der Waals surface area contributed by atoms with E-state index in [1.54, 1.807) is 25.3 Å². The summed E-state index contributed by atoms with van der Waals surface area (Å²) in [5.74, 6) is -0.0780. The molecule has 0 spiro atoms. The standard InChI is InChI=1S/C13H16N2O3/c1-8(18-3)7-15-9(2)14-11-6-10(13(16)17)4-5-12(11)15/h4-6,8H,7H2,1-3H3,(H,16,17). The Balaban J connectivity index is 2.48. The van der Waals surface area contributed by atoms with Gasteiger partial charge in [-0.2, -0.15) is 0 Å². The van der Waals surface area contributed by atoms with Crippen LogP contribution in [0.25, 0.3) is 11.0 Å². The van der Waals surface area contributed by atoms with Crippen LogP contribution in [0.15, 0.2) is 18.2 Å². The first-order valence-electron chi connectivity index (χ1n) is 5.76. The van der Waals surface area contributed by atoms with Crippen LogP contribution in [-0.4, -0.2) is 33.8 Å². The van der Waals surface area contributed by atoms with Gasteiger partial charge in [-0.05, 0) is 32.0 Å². The zero-order chi connectivity index (χ0) is 13.3. The van der Waals surface area contributed by atoms with Gasteiger partial charge < -0.3 is 14.4 Å². The van der Waals surface area contributed by atoms with Crippen LogP contribution < -0.4 is 0 Å². The minimum atomic E-state index is -0.936. The number of rotatable bonds is 4. The highest BCUT2D eigenvalue weighted by atomic mass is 16.5. The normalized spacial score (nSPS) is 12.8. The molecule has 0 amide bonds. The van der Waals surface area contributed by atoms with Gasteiger partial charge in [-0.3, -0.25) is 0 Å². The number of nitrogens with zero attached hydrogens (tertiary/aromatic N) is 2. The summed E-state index contributed by atoms with van der Waals surface area (Å²) in [6.45, 7) is 4.59. The summed E-state index contributed by atoms with van der Waals surface area (Å²) in [5, 5.41) is 8.95. The van der Waals surface area contributed by atoms with Crippen LogP contribution in [0.3, 0.4) is 0 Å². The van der Waals surface area contributed by atoms with E-state index in [1.807, 2.05) is 18.4 Å². The number of aromatic nitrogens is 2. The number of carboxylic acids is 1. The van der Waals surface area contributed by atoms with Crippen LogP contribution in [0.4, 0.5) is 0 Å². The Morgan fingerprint density at radius 1 is 1.56 bits per heavy atom. The first-order valence-corrected chi connectivity index (χ1v) is 5.76. The summed E-state index contributed by atoms with van der Waals surface area (Å²) in [7, 11) is 1.67. The third kappa shape index (κ3) is 2.22. The SMILES string of the molecule is COC(C)Cn1c(C)nc2cc(C(=O)O)ccc21. The van der Waals surface area contributed by atoms with E-state index in [1.165, 1.54) is 0 Å². The van der Waals surface area contributed by atoms with Crippen molar-refractivity contribution in [2.24, 2.45) is 0 Å². The molecule has 1 aromatic heterocycles. The first-order chi connectivity index (χ1) is 8.52. The molecule has 5 nitrogen and oxygen atoms in total. The Morgan fingerprint density at radius 2 is 2.28 bits per heavy atom. The molecule has 1 aromatic carbocycles. The molecule has 2 rings (SSSR count). The van der Waals surface area contributed by atoms with Crippen LogP contribution >= 0.6 is 0 Å². The third-order valence-electron chi connectivity index (χ3n) is 3.03. The van der Waals surface area contributed by atoms with Crippen LogP contribution in [0.5, 0.6) is 0 Å². The van der Waals surface area contributed by atoms with Crippen molar-refractivity contribution in [1.82, 2.24) is 9.55 Å². The second-order valence-electron chi connectivity index (χ2n) is 4.32. The largest absolute Gasteiger partial charge is 0.478 e. The second-order valence-corrected chi connectivity index (χ2v) is 4.32.